The lowest BCUT2D eigenvalue weighted by atomic mass is 10.0. The summed E-state index contributed by atoms with van der Waals surface area (Å²) in [6.07, 6.45) is 0. The number of ether oxygens (including phenoxy) is 1. The summed E-state index contributed by atoms with van der Waals surface area (Å²) < 4.78 is 5.96. The molecule has 1 aromatic rings. The van der Waals surface area contributed by atoms with Crippen LogP contribution in [0.3, 0.4) is 0 Å². The lowest BCUT2D eigenvalue weighted by Crippen LogP contribution is -2.33. The molecule has 1 N–H and O–H groups in total. The van der Waals surface area contributed by atoms with Crippen molar-refractivity contribution >= 4 is 0 Å². The maximum Gasteiger partial charge on any atom is 0.123 e. The second-order valence-corrected chi connectivity index (χ2v) is 5.82. The lowest BCUT2D eigenvalue weighted by molar-refractivity contribution is 0.284. The first kappa shape index (κ1) is 18.0. The van der Waals surface area contributed by atoms with Gasteiger partial charge in [0.2, 0.25) is 0 Å². The van der Waals surface area contributed by atoms with E-state index in [0.717, 1.165) is 45.1 Å². The van der Waals surface area contributed by atoms with Crippen LogP contribution in [0.2, 0.25) is 0 Å². The van der Waals surface area contributed by atoms with Gasteiger partial charge in [0.25, 0.3) is 0 Å². The van der Waals surface area contributed by atoms with Crippen LogP contribution in [0.4, 0.5) is 0 Å². The second kappa shape index (κ2) is 9.80. The number of nitrogens with one attached hydrogen (secondary N) is 1. The summed E-state index contributed by atoms with van der Waals surface area (Å²) in [5, 5.41) is 3.45. The van der Waals surface area contributed by atoms with Gasteiger partial charge < -0.3 is 15.0 Å². The molecule has 0 aliphatic rings. The predicted octanol–water partition coefficient (Wildman–Crippen LogP) is 3.43. The van der Waals surface area contributed by atoms with Gasteiger partial charge in [0.05, 0.1) is 0 Å². The first-order chi connectivity index (χ1) is 10.1. The van der Waals surface area contributed by atoms with E-state index in [-0.39, 0.29) is 0 Å². The quantitative estimate of drug-likeness (QED) is 0.669. The first-order valence-corrected chi connectivity index (χ1v) is 8.24. The molecule has 0 radical (unpaired) electrons. The summed E-state index contributed by atoms with van der Waals surface area (Å²) in [6, 6.07) is 6.49. The fourth-order valence-electron chi connectivity index (χ4n) is 2.38. The van der Waals surface area contributed by atoms with E-state index in [1.807, 2.05) is 0 Å². The molecule has 0 saturated heterocycles. The molecule has 21 heavy (non-hydrogen) atoms. The molecule has 1 rings (SSSR count). The largest absolute Gasteiger partial charge is 0.492 e. The highest BCUT2D eigenvalue weighted by molar-refractivity contribution is 5.39. The number of hydrogen-bond donors (Lipinski definition) is 1. The maximum atomic E-state index is 5.96. The zero-order valence-corrected chi connectivity index (χ0v) is 14.4. The molecule has 120 valence electrons. The van der Waals surface area contributed by atoms with E-state index in [2.05, 4.69) is 63.0 Å². The molecule has 1 aromatic carbocycles. The zero-order valence-electron chi connectivity index (χ0n) is 14.4. The molecule has 0 fully saturated rings. The van der Waals surface area contributed by atoms with Crippen LogP contribution in [0.1, 0.15) is 44.7 Å². The van der Waals surface area contributed by atoms with Crippen LogP contribution in [0, 0.1) is 6.92 Å². The van der Waals surface area contributed by atoms with Crippen molar-refractivity contribution in [2.24, 2.45) is 0 Å². The maximum absolute atomic E-state index is 5.96. The number of benzene rings is 1. The van der Waals surface area contributed by atoms with Gasteiger partial charge >= 0.3 is 0 Å². The highest BCUT2D eigenvalue weighted by Crippen LogP contribution is 2.27. The molecular weight excluding hydrogens is 260 g/mol. The van der Waals surface area contributed by atoms with E-state index >= 15 is 0 Å². The van der Waals surface area contributed by atoms with Crippen LogP contribution in [0.5, 0.6) is 5.75 Å². The molecule has 0 bridgehead atoms. The van der Waals surface area contributed by atoms with Crippen LogP contribution in [0.15, 0.2) is 18.2 Å². The van der Waals surface area contributed by atoms with Gasteiger partial charge in [-0.3, -0.25) is 0 Å². The second-order valence-electron chi connectivity index (χ2n) is 5.82. The number of likely N-dealkylation sites (N-methyl/N-ethyl adjacent to an activating group) is 1. The summed E-state index contributed by atoms with van der Waals surface area (Å²) in [4.78, 5) is 2.42. The normalized spacial score (nSPS) is 11.4. The van der Waals surface area contributed by atoms with Crippen LogP contribution < -0.4 is 10.1 Å². The molecule has 0 spiro atoms. The Morgan fingerprint density at radius 3 is 2.48 bits per heavy atom. The Labute approximate surface area is 130 Å². The molecule has 3 nitrogen and oxygen atoms in total. The number of rotatable bonds is 10. The molecular formula is C18H32N2O. The summed E-state index contributed by atoms with van der Waals surface area (Å²) in [6.45, 7) is 16.9. The van der Waals surface area contributed by atoms with Crippen molar-refractivity contribution in [2.75, 3.05) is 39.3 Å². The van der Waals surface area contributed by atoms with Crippen LogP contribution >= 0.6 is 0 Å². The first-order valence-electron chi connectivity index (χ1n) is 8.24. The molecule has 0 unspecified atom stereocenters. The third kappa shape index (κ3) is 6.49. The van der Waals surface area contributed by atoms with Crippen molar-refractivity contribution in [1.29, 1.82) is 0 Å². The fraction of sp³-hybridized carbons (Fsp3) is 0.667. The Bertz CT molecular complexity index is 400. The summed E-state index contributed by atoms with van der Waals surface area (Å²) in [7, 11) is 0. The Kier molecular flexibility index (Phi) is 8.40. The Balaban J connectivity index is 2.31. The monoisotopic (exact) mass is 292 g/mol. The van der Waals surface area contributed by atoms with Gasteiger partial charge in [0.15, 0.2) is 0 Å². The van der Waals surface area contributed by atoms with Crippen molar-refractivity contribution in [1.82, 2.24) is 10.2 Å². The molecule has 0 heterocycles. The molecule has 0 saturated carbocycles. The van der Waals surface area contributed by atoms with Gasteiger partial charge in [-0.25, -0.2) is 0 Å². The van der Waals surface area contributed by atoms with Gasteiger partial charge in [-0.15, -0.1) is 0 Å². The number of aryl methyl sites for hydroxylation is 1. The third-order valence-corrected chi connectivity index (χ3v) is 3.83. The summed E-state index contributed by atoms with van der Waals surface area (Å²) in [5.74, 6) is 1.53. The number of nitrogens with zero attached hydrogens (tertiary/aromatic N) is 1. The predicted molar refractivity (Wildman–Crippen MR) is 91.4 cm³/mol. The average Bonchev–Trinajstić information content (AvgIpc) is 2.46. The van der Waals surface area contributed by atoms with Crippen molar-refractivity contribution in [2.45, 2.75) is 40.5 Å². The average molecular weight is 292 g/mol. The van der Waals surface area contributed by atoms with E-state index in [1.165, 1.54) is 11.1 Å². The molecule has 0 aromatic heterocycles. The van der Waals surface area contributed by atoms with Gasteiger partial charge in [0, 0.05) is 19.6 Å². The Morgan fingerprint density at radius 1 is 1.14 bits per heavy atom. The van der Waals surface area contributed by atoms with Crippen molar-refractivity contribution in [3.05, 3.63) is 29.3 Å². The van der Waals surface area contributed by atoms with Crippen molar-refractivity contribution in [3.63, 3.8) is 0 Å². The van der Waals surface area contributed by atoms with E-state index in [9.17, 15) is 0 Å². The molecule has 0 amide bonds. The van der Waals surface area contributed by atoms with Crippen LogP contribution in [-0.4, -0.2) is 44.2 Å². The van der Waals surface area contributed by atoms with Gasteiger partial charge in [0.1, 0.15) is 12.4 Å². The van der Waals surface area contributed by atoms with E-state index in [0.29, 0.717) is 5.92 Å². The Morgan fingerprint density at radius 2 is 1.86 bits per heavy atom. The smallest absolute Gasteiger partial charge is 0.123 e. The topological polar surface area (TPSA) is 24.5 Å². The van der Waals surface area contributed by atoms with Crippen LogP contribution in [-0.2, 0) is 0 Å². The Hall–Kier alpha value is -1.06. The minimum Gasteiger partial charge on any atom is -0.492 e. The summed E-state index contributed by atoms with van der Waals surface area (Å²) >= 11 is 0. The van der Waals surface area contributed by atoms with Crippen molar-refractivity contribution < 1.29 is 4.74 Å². The molecule has 0 atom stereocenters. The highest BCUT2D eigenvalue weighted by Gasteiger charge is 2.07. The molecule has 0 aliphatic heterocycles. The minimum atomic E-state index is 0.497. The third-order valence-electron chi connectivity index (χ3n) is 3.83. The van der Waals surface area contributed by atoms with E-state index in [1.54, 1.807) is 0 Å². The minimum absolute atomic E-state index is 0.497. The van der Waals surface area contributed by atoms with Crippen molar-refractivity contribution in [3.8, 4) is 5.75 Å². The molecule has 3 heteroatoms. The number of hydrogen-bond acceptors (Lipinski definition) is 3. The molecule has 0 aliphatic carbocycles. The standard InChI is InChI=1S/C18H32N2O/c1-6-20(7-2)12-10-19-11-13-21-18-14-16(5)8-9-17(18)15(3)4/h8-9,14-15,19H,6-7,10-13H2,1-5H3. The van der Waals surface area contributed by atoms with Gasteiger partial charge in [-0.2, -0.15) is 0 Å². The zero-order chi connectivity index (χ0) is 15.7. The lowest BCUT2D eigenvalue weighted by Gasteiger charge is -2.18. The highest BCUT2D eigenvalue weighted by atomic mass is 16.5. The van der Waals surface area contributed by atoms with E-state index < -0.39 is 0 Å². The summed E-state index contributed by atoms with van der Waals surface area (Å²) in [5.41, 5.74) is 2.55. The van der Waals surface area contributed by atoms with Crippen LogP contribution in [0.25, 0.3) is 0 Å². The van der Waals surface area contributed by atoms with Gasteiger partial charge in [-0.05, 0) is 43.1 Å². The van der Waals surface area contributed by atoms with Gasteiger partial charge in [-0.1, -0.05) is 39.8 Å². The SMILES string of the molecule is CCN(CC)CCNCCOc1cc(C)ccc1C(C)C. The van der Waals surface area contributed by atoms with E-state index in [4.69, 9.17) is 4.74 Å². The fourth-order valence-corrected chi connectivity index (χ4v) is 2.38.